The molecule has 2 nitrogen and oxygen atoms in total. The largest absolute Gasteiger partial charge is 0.390 e. The lowest BCUT2D eigenvalue weighted by Crippen LogP contribution is -2.55. The Bertz CT molecular complexity index is 676. The smallest absolute Gasteiger partial charge is 0.129 e. The van der Waals surface area contributed by atoms with Crippen LogP contribution < -0.4 is 0 Å². The van der Waals surface area contributed by atoms with E-state index in [2.05, 4.69) is 26.8 Å². The van der Waals surface area contributed by atoms with Gasteiger partial charge in [-0.15, -0.1) is 0 Å². The number of fused-ring (bicyclic) bond motifs is 5. The number of carbonyl (C=O) groups is 1. The zero-order valence-corrected chi connectivity index (χ0v) is 19.6. The Morgan fingerprint density at radius 1 is 1.14 bits per heavy atom. The molecule has 0 amide bonds. The molecule has 0 saturated heterocycles. The maximum absolute atomic E-state index is 11.6. The third-order valence-electron chi connectivity index (χ3n) is 10.3. The number of carbonyl (C=O) groups excluding carboxylic acids is 1. The molecule has 4 aliphatic rings. The van der Waals surface area contributed by atoms with Gasteiger partial charge in [-0.3, -0.25) is 0 Å². The molecule has 0 spiro atoms. The predicted molar refractivity (Wildman–Crippen MR) is 120 cm³/mol. The van der Waals surface area contributed by atoms with Crippen LogP contribution in [0.4, 0.5) is 0 Å². The summed E-state index contributed by atoms with van der Waals surface area (Å²) >= 11 is 0. The van der Waals surface area contributed by atoms with Gasteiger partial charge in [-0.1, -0.05) is 38.8 Å². The molecule has 164 valence electrons. The number of Topliss-reactive ketones (excluding diaryl/α,β-unsaturated/α-hetero) is 1. The third kappa shape index (κ3) is 3.66. The summed E-state index contributed by atoms with van der Waals surface area (Å²) in [7, 11) is 0. The second kappa shape index (κ2) is 7.50. The molecule has 0 heterocycles. The fourth-order valence-corrected chi connectivity index (χ4v) is 8.61. The van der Waals surface area contributed by atoms with E-state index in [0.717, 1.165) is 55.8 Å². The number of hydrogen-bond acceptors (Lipinski definition) is 2. The number of allylic oxidation sites excluding steroid dienone is 1. The maximum atomic E-state index is 11.6. The van der Waals surface area contributed by atoms with E-state index in [-0.39, 0.29) is 0 Å². The van der Waals surface area contributed by atoms with E-state index in [9.17, 15) is 9.90 Å². The van der Waals surface area contributed by atoms with Gasteiger partial charge in [0.1, 0.15) is 5.78 Å². The van der Waals surface area contributed by atoms with Crippen molar-refractivity contribution in [3.8, 4) is 0 Å². The summed E-state index contributed by atoms with van der Waals surface area (Å²) in [5.74, 6) is 4.28. The van der Waals surface area contributed by atoms with Crippen LogP contribution >= 0.6 is 0 Å². The molecule has 0 aromatic rings. The van der Waals surface area contributed by atoms with Crippen LogP contribution in [0.5, 0.6) is 0 Å². The summed E-state index contributed by atoms with van der Waals surface area (Å²) in [5, 5.41) is 10.7. The topological polar surface area (TPSA) is 37.3 Å². The molecule has 4 rings (SSSR count). The van der Waals surface area contributed by atoms with E-state index in [1.807, 2.05) is 6.92 Å². The highest BCUT2D eigenvalue weighted by atomic mass is 16.3. The molecular weight excluding hydrogens is 356 g/mol. The van der Waals surface area contributed by atoms with E-state index in [1.54, 1.807) is 12.5 Å². The van der Waals surface area contributed by atoms with Gasteiger partial charge in [0.05, 0.1) is 5.60 Å². The normalized spacial score (nSPS) is 48.0. The average molecular weight is 401 g/mol. The summed E-state index contributed by atoms with van der Waals surface area (Å²) in [6.45, 7) is 11.4. The number of rotatable bonds is 4. The minimum absolute atomic E-state index is 0.319. The second-order valence-corrected chi connectivity index (χ2v) is 12.2. The molecule has 0 bridgehead atoms. The van der Waals surface area contributed by atoms with Crippen molar-refractivity contribution >= 4 is 5.78 Å². The van der Waals surface area contributed by atoms with E-state index in [0.29, 0.717) is 22.5 Å². The standard InChI is InChI=1S/C27H44O2/c1-18(9-10-19(2)28)22-7-6-8-23-21-12-11-20-17-25(3,29)15-16-26(20,4)24(21)13-14-27(22,23)5/h11,18,21-24,29H,6-10,12-17H2,1-5H3/t18-,21+,22-,23+,24+,25+,26+,27-/m1/s1. The van der Waals surface area contributed by atoms with Crippen molar-refractivity contribution in [2.75, 3.05) is 0 Å². The summed E-state index contributed by atoms with van der Waals surface area (Å²) in [6.07, 6.45) is 15.5. The van der Waals surface area contributed by atoms with E-state index < -0.39 is 5.60 Å². The van der Waals surface area contributed by atoms with Gasteiger partial charge in [-0.25, -0.2) is 0 Å². The molecule has 0 aromatic carbocycles. The van der Waals surface area contributed by atoms with E-state index in [4.69, 9.17) is 0 Å². The molecule has 3 fully saturated rings. The van der Waals surface area contributed by atoms with Gasteiger partial charge in [0, 0.05) is 6.42 Å². The Morgan fingerprint density at radius 2 is 1.90 bits per heavy atom. The fourth-order valence-electron chi connectivity index (χ4n) is 8.61. The maximum Gasteiger partial charge on any atom is 0.129 e. The Morgan fingerprint density at radius 3 is 2.62 bits per heavy atom. The molecule has 0 unspecified atom stereocenters. The van der Waals surface area contributed by atoms with Gasteiger partial charge in [0.2, 0.25) is 0 Å². The van der Waals surface area contributed by atoms with Gasteiger partial charge < -0.3 is 9.90 Å². The number of aliphatic hydroxyl groups is 1. The van der Waals surface area contributed by atoms with Crippen LogP contribution in [0.3, 0.4) is 0 Å². The van der Waals surface area contributed by atoms with Gasteiger partial charge in [0.15, 0.2) is 0 Å². The molecule has 2 heteroatoms. The second-order valence-electron chi connectivity index (χ2n) is 12.2. The Kier molecular flexibility index (Phi) is 5.59. The minimum atomic E-state index is -0.497. The quantitative estimate of drug-likeness (QED) is 0.532. The summed E-state index contributed by atoms with van der Waals surface area (Å²) in [5.41, 5.74) is 1.85. The average Bonchev–Trinajstić information content (AvgIpc) is 2.65. The first-order valence-corrected chi connectivity index (χ1v) is 12.5. The first-order valence-electron chi connectivity index (χ1n) is 12.5. The third-order valence-corrected chi connectivity index (χ3v) is 10.3. The molecule has 0 aromatic heterocycles. The molecule has 4 aliphatic carbocycles. The van der Waals surface area contributed by atoms with Crippen LogP contribution in [0.25, 0.3) is 0 Å². The molecule has 29 heavy (non-hydrogen) atoms. The van der Waals surface area contributed by atoms with Crippen LogP contribution in [0.15, 0.2) is 11.6 Å². The monoisotopic (exact) mass is 400 g/mol. The molecule has 0 radical (unpaired) electrons. The van der Waals surface area contributed by atoms with Crippen molar-refractivity contribution in [3.63, 3.8) is 0 Å². The van der Waals surface area contributed by atoms with Gasteiger partial charge in [0.25, 0.3) is 0 Å². The van der Waals surface area contributed by atoms with Crippen molar-refractivity contribution < 1.29 is 9.90 Å². The fraction of sp³-hybridized carbons (Fsp3) is 0.889. The molecule has 0 aliphatic heterocycles. The number of ketones is 1. The molecule has 8 atom stereocenters. The molecule has 1 N–H and O–H groups in total. The lowest BCUT2D eigenvalue weighted by molar-refractivity contribution is -0.120. The lowest BCUT2D eigenvalue weighted by Gasteiger charge is -2.63. The summed E-state index contributed by atoms with van der Waals surface area (Å²) < 4.78 is 0. The predicted octanol–water partition coefficient (Wildman–Crippen LogP) is 6.71. The van der Waals surface area contributed by atoms with Crippen molar-refractivity contribution in [1.29, 1.82) is 0 Å². The Labute approximate surface area is 178 Å². The van der Waals surface area contributed by atoms with Gasteiger partial charge in [-0.05, 0) is 112 Å². The van der Waals surface area contributed by atoms with Gasteiger partial charge >= 0.3 is 0 Å². The zero-order valence-electron chi connectivity index (χ0n) is 19.6. The highest BCUT2D eigenvalue weighted by Gasteiger charge is 2.58. The van der Waals surface area contributed by atoms with Crippen molar-refractivity contribution in [2.45, 2.75) is 111 Å². The molecule has 3 saturated carbocycles. The molecular formula is C27H44O2. The highest BCUT2D eigenvalue weighted by Crippen LogP contribution is 2.66. The Hall–Kier alpha value is -0.630. The van der Waals surface area contributed by atoms with Crippen molar-refractivity contribution in [1.82, 2.24) is 0 Å². The van der Waals surface area contributed by atoms with Crippen LogP contribution in [-0.2, 0) is 4.79 Å². The summed E-state index contributed by atoms with van der Waals surface area (Å²) in [4.78, 5) is 11.6. The SMILES string of the molecule is CC(=O)CC[C@@H](C)[C@H]1CCC[C@H]2[C@@H]3CC=C4C[C@@](C)(O)CC[C@]4(C)[C@H]3CC[C@]12C. The van der Waals surface area contributed by atoms with Crippen molar-refractivity contribution in [2.24, 2.45) is 40.4 Å². The van der Waals surface area contributed by atoms with E-state index in [1.165, 1.54) is 38.5 Å². The first-order chi connectivity index (χ1) is 13.6. The van der Waals surface area contributed by atoms with Crippen molar-refractivity contribution in [3.05, 3.63) is 11.6 Å². The minimum Gasteiger partial charge on any atom is -0.390 e. The van der Waals surface area contributed by atoms with Gasteiger partial charge in [-0.2, -0.15) is 0 Å². The Balaban J connectivity index is 1.57. The number of hydrogen-bond donors (Lipinski definition) is 1. The van der Waals surface area contributed by atoms with Crippen LogP contribution in [-0.4, -0.2) is 16.5 Å². The zero-order chi connectivity index (χ0) is 21.0. The first kappa shape index (κ1) is 21.6. The summed E-state index contributed by atoms with van der Waals surface area (Å²) in [6, 6.07) is 0. The lowest BCUT2D eigenvalue weighted by atomic mass is 9.42. The highest BCUT2D eigenvalue weighted by molar-refractivity contribution is 5.75. The van der Waals surface area contributed by atoms with Crippen LogP contribution in [0, 0.1) is 40.4 Å². The van der Waals surface area contributed by atoms with Crippen LogP contribution in [0.2, 0.25) is 0 Å². The van der Waals surface area contributed by atoms with Crippen LogP contribution in [0.1, 0.15) is 105 Å². The van der Waals surface area contributed by atoms with E-state index >= 15 is 0 Å².